The topological polar surface area (TPSA) is 61.9 Å². The van der Waals surface area contributed by atoms with E-state index in [1.807, 2.05) is 0 Å². The second kappa shape index (κ2) is 12.5. The number of nitrogens with one attached hydrogen (secondary N) is 1. The first-order valence-corrected chi connectivity index (χ1v) is 9.57. The number of carbonyl (C=O) groups is 2. The number of hydrogen-bond acceptors (Lipinski definition) is 4. The predicted octanol–water partition coefficient (Wildman–Crippen LogP) is 3.86. The summed E-state index contributed by atoms with van der Waals surface area (Å²) in [6.45, 7) is 10.1. The summed E-state index contributed by atoms with van der Waals surface area (Å²) in [6.07, 6.45) is 1.03. The molecule has 0 unspecified atom stereocenters. The Bertz CT molecular complexity index is 547. The largest absolute Gasteiger partial charge is 0.466 e. The van der Waals surface area contributed by atoms with Gasteiger partial charge in [0.15, 0.2) is 0 Å². The second-order valence-corrected chi connectivity index (χ2v) is 6.30. The van der Waals surface area contributed by atoms with Crippen molar-refractivity contribution in [3.05, 3.63) is 29.3 Å². The predicted molar refractivity (Wildman–Crippen MR) is 106 cm³/mol. The van der Waals surface area contributed by atoms with E-state index in [1.165, 1.54) is 0 Å². The molecule has 0 aromatic heterocycles. The lowest BCUT2D eigenvalue weighted by Crippen LogP contribution is -2.38. The number of halogens is 1. The smallest absolute Gasteiger partial charge is 0.321 e. The Labute approximate surface area is 161 Å². The van der Waals surface area contributed by atoms with Gasteiger partial charge in [0.25, 0.3) is 0 Å². The van der Waals surface area contributed by atoms with Gasteiger partial charge in [0.2, 0.25) is 0 Å². The van der Waals surface area contributed by atoms with Crippen LogP contribution in [0.3, 0.4) is 0 Å². The molecular formula is C19H30ClN3O3. The second-order valence-electron chi connectivity index (χ2n) is 5.86. The van der Waals surface area contributed by atoms with E-state index in [4.69, 9.17) is 16.3 Å². The lowest BCUT2D eigenvalue weighted by Gasteiger charge is -2.25. The number of amides is 2. The first kappa shape index (κ1) is 22.3. The van der Waals surface area contributed by atoms with Gasteiger partial charge in [0.1, 0.15) is 0 Å². The van der Waals surface area contributed by atoms with Crippen LogP contribution in [0.15, 0.2) is 24.3 Å². The first-order chi connectivity index (χ1) is 12.5. The van der Waals surface area contributed by atoms with Crippen LogP contribution in [0.1, 0.15) is 33.6 Å². The van der Waals surface area contributed by atoms with Crippen molar-refractivity contribution >= 4 is 29.3 Å². The Kier molecular flexibility index (Phi) is 10.7. The molecule has 0 spiro atoms. The van der Waals surface area contributed by atoms with Gasteiger partial charge < -0.3 is 19.9 Å². The van der Waals surface area contributed by atoms with Crippen molar-refractivity contribution in [3.8, 4) is 0 Å². The number of ether oxygens (including phenoxy) is 1. The van der Waals surface area contributed by atoms with Gasteiger partial charge in [0, 0.05) is 23.8 Å². The fourth-order valence-electron chi connectivity index (χ4n) is 2.54. The van der Waals surface area contributed by atoms with Gasteiger partial charge in [-0.2, -0.15) is 0 Å². The molecule has 7 heteroatoms. The van der Waals surface area contributed by atoms with Gasteiger partial charge in [-0.15, -0.1) is 0 Å². The number of carbonyl (C=O) groups excluding carboxylic acids is 2. The van der Waals surface area contributed by atoms with Gasteiger partial charge in [-0.3, -0.25) is 4.79 Å². The highest BCUT2D eigenvalue weighted by Crippen LogP contribution is 2.14. The Morgan fingerprint density at radius 3 is 2.27 bits per heavy atom. The van der Waals surface area contributed by atoms with E-state index in [0.717, 1.165) is 26.1 Å². The molecular weight excluding hydrogens is 354 g/mol. The molecule has 0 atom stereocenters. The molecule has 0 radical (unpaired) electrons. The van der Waals surface area contributed by atoms with Crippen LogP contribution in [0.2, 0.25) is 5.02 Å². The molecule has 0 heterocycles. The van der Waals surface area contributed by atoms with E-state index >= 15 is 0 Å². The van der Waals surface area contributed by atoms with Gasteiger partial charge in [-0.25, -0.2) is 4.79 Å². The summed E-state index contributed by atoms with van der Waals surface area (Å²) in [5, 5.41) is 3.47. The summed E-state index contributed by atoms with van der Waals surface area (Å²) >= 11 is 5.87. The van der Waals surface area contributed by atoms with Crippen LogP contribution in [0.4, 0.5) is 10.5 Å². The minimum atomic E-state index is -0.291. The Morgan fingerprint density at radius 1 is 1.04 bits per heavy atom. The molecule has 1 aromatic carbocycles. The summed E-state index contributed by atoms with van der Waals surface area (Å²) < 4.78 is 4.96. The molecule has 146 valence electrons. The minimum absolute atomic E-state index is 0.188. The van der Waals surface area contributed by atoms with Crippen LogP contribution in [0, 0.1) is 0 Å². The van der Waals surface area contributed by atoms with E-state index in [-0.39, 0.29) is 18.4 Å². The molecule has 6 nitrogen and oxygen atoms in total. The van der Waals surface area contributed by atoms with Crippen molar-refractivity contribution in [2.75, 3.05) is 44.6 Å². The average molecular weight is 384 g/mol. The monoisotopic (exact) mass is 383 g/mol. The SMILES string of the molecule is CCOC(=O)CCN(CCCN(CC)CC)C(=O)Nc1ccc(Cl)cc1. The highest BCUT2D eigenvalue weighted by Gasteiger charge is 2.16. The maximum Gasteiger partial charge on any atom is 0.321 e. The normalized spacial score (nSPS) is 10.7. The maximum absolute atomic E-state index is 12.6. The van der Waals surface area contributed by atoms with Gasteiger partial charge >= 0.3 is 12.0 Å². The summed E-state index contributed by atoms with van der Waals surface area (Å²) in [7, 11) is 0. The molecule has 26 heavy (non-hydrogen) atoms. The summed E-state index contributed by atoms with van der Waals surface area (Å²) in [5.74, 6) is -0.291. The van der Waals surface area contributed by atoms with Crippen molar-refractivity contribution in [2.45, 2.75) is 33.6 Å². The third kappa shape index (κ3) is 8.54. The first-order valence-electron chi connectivity index (χ1n) is 9.19. The van der Waals surface area contributed by atoms with E-state index < -0.39 is 0 Å². The van der Waals surface area contributed by atoms with Crippen LogP contribution < -0.4 is 5.32 Å². The lowest BCUT2D eigenvalue weighted by atomic mass is 10.3. The van der Waals surface area contributed by atoms with Gasteiger partial charge in [0.05, 0.1) is 13.0 Å². The highest BCUT2D eigenvalue weighted by molar-refractivity contribution is 6.30. The molecule has 0 saturated heterocycles. The molecule has 2 amide bonds. The molecule has 0 aliphatic rings. The summed E-state index contributed by atoms with van der Waals surface area (Å²) in [6, 6.07) is 6.72. The molecule has 1 aromatic rings. The maximum atomic E-state index is 12.6. The fourth-order valence-corrected chi connectivity index (χ4v) is 2.66. The molecule has 0 aliphatic heterocycles. The number of nitrogens with zero attached hydrogens (tertiary/aromatic N) is 2. The standard InChI is InChI=1S/C19H30ClN3O3/c1-4-22(5-2)13-7-14-23(15-12-18(24)26-6-3)19(25)21-17-10-8-16(20)9-11-17/h8-11H,4-7,12-15H2,1-3H3,(H,21,25). The molecule has 0 saturated carbocycles. The molecule has 0 aliphatic carbocycles. The lowest BCUT2D eigenvalue weighted by molar-refractivity contribution is -0.143. The van der Waals surface area contributed by atoms with Crippen LogP contribution in [0.25, 0.3) is 0 Å². The summed E-state index contributed by atoms with van der Waals surface area (Å²) in [4.78, 5) is 28.2. The fraction of sp³-hybridized carbons (Fsp3) is 0.579. The zero-order chi connectivity index (χ0) is 19.4. The van der Waals surface area contributed by atoms with Crippen LogP contribution in [0.5, 0.6) is 0 Å². The van der Waals surface area contributed by atoms with Crippen LogP contribution in [-0.2, 0) is 9.53 Å². The molecule has 1 N–H and O–H groups in total. The Balaban J connectivity index is 2.63. The molecule has 1 rings (SSSR count). The quantitative estimate of drug-likeness (QED) is 0.589. The number of rotatable bonds is 11. The van der Waals surface area contributed by atoms with Crippen molar-refractivity contribution in [1.29, 1.82) is 0 Å². The van der Waals surface area contributed by atoms with Crippen molar-refractivity contribution in [1.82, 2.24) is 9.80 Å². The van der Waals surface area contributed by atoms with E-state index in [1.54, 1.807) is 36.1 Å². The number of esters is 1. The average Bonchev–Trinajstić information content (AvgIpc) is 2.63. The van der Waals surface area contributed by atoms with Crippen molar-refractivity contribution in [3.63, 3.8) is 0 Å². The molecule has 0 fully saturated rings. The molecule has 0 bridgehead atoms. The van der Waals surface area contributed by atoms with Crippen molar-refractivity contribution < 1.29 is 14.3 Å². The minimum Gasteiger partial charge on any atom is -0.466 e. The van der Waals surface area contributed by atoms with Crippen LogP contribution in [-0.4, -0.2) is 61.1 Å². The number of anilines is 1. The number of urea groups is 1. The summed E-state index contributed by atoms with van der Waals surface area (Å²) in [5.41, 5.74) is 0.671. The highest BCUT2D eigenvalue weighted by atomic mass is 35.5. The van der Waals surface area contributed by atoms with Gasteiger partial charge in [-0.1, -0.05) is 25.4 Å². The van der Waals surface area contributed by atoms with Gasteiger partial charge in [-0.05, 0) is 57.2 Å². The van der Waals surface area contributed by atoms with Crippen LogP contribution >= 0.6 is 11.6 Å². The number of benzene rings is 1. The zero-order valence-corrected chi connectivity index (χ0v) is 16.7. The third-order valence-corrected chi connectivity index (χ3v) is 4.32. The zero-order valence-electron chi connectivity index (χ0n) is 16.0. The van der Waals surface area contributed by atoms with E-state index in [9.17, 15) is 9.59 Å². The Morgan fingerprint density at radius 2 is 1.69 bits per heavy atom. The number of hydrogen-bond donors (Lipinski definition) is 1. The Hall–Kier alpha value is -1.79. The van der Waals surface area contributed by atoms with E-state index in [0.29, 0.717) is 30.4 Å². The third-order valence-electron chi connectivity index (χ3n) is 4.07. The van der Waals surface area contributed by atoms with E-state index in [2.05, 4.69) is 24.1 Å². The van der Waals surface area contributed by atoms with Crippen molar-refractivity contribution in [2.24, 2.45) is 0 Å².